The largest absolute Gasteiger partial charge is 0.545 e. The molecule has 2 rings (SSSR count). The lowest BCUT2D eigenvalue weighted by molar-refractivity contribution is -0.257. The molecule has 0 radical (unpaired) electrons. The van der Waals surface area contributed by atoms with Crippen LogP contribution in [-0.2, 0) is 0 Å². The topological polar surface area (TPSA) is 161 Å². The molecule has 24 heavy (non-hydrogen) atoms. The van der Waals surface area contributed by atoms with Gasteiger partial charge in [0, 0.05) is 0 Å². The summed E-state index contributed by atoms with van der Waals surface area (Å²) in [6.45, 7) is 0. The van der Waals surface area contributed by atoms with Crippen molar-refractivity contribution in [3.05, 3.63) is 58.7 Å². The van der Waals surface area contributed by atoms with E-state index in [1.165, 1.54) is 0 Å². The monoisotopic (exact) mass is 326 g/mol. The third kappa shape index (κ3) is 3.38. The van der Waals surface area contributed by atoms with Crippen molar-refractivity contribution in [2.24, 2.45) is 0 Å². The summed E-state index contributed by atoms with van der Waals surface area (Å²) in [5.74, 6) is -6.68. The molecule has 2 aromatic rings. The summed E-state index contributed by atoms with van der Waals surface area (Å²) in [6.07, 6.45) is 0. The second-order valence-corrected chi connectivity index (χ2v) is 4.75. The zero-order valence-electron chi connectivity index (χ0n) is 11.7. The van der Waals surface area contributed by atoms with E-state index in [1.54, 1.807) is 0 Å². The molecule has 0 spiro atoms. The van der Waals surface area contributed by atoms with E-state index in [2.05, 4.69) is 0 Å². The molecule has 0 atom stereocenters. The van der Waals surface area contributed by atoms with Crippen molar-refractivity contribution in [3.63, 3.8) is 0 Å². The molecule has 0 heterocycles. The van der Waals surface area contributed by atoms with Crippen molar-refractivity contribution in [2.45, 2.75) is 0 Å². The number of aromatic carboxylic acids is 4. The van der Waals surface area contributed by atoms with E-state index < -0.39 is 46.1 Å². The molecule has 122 valence electrons. The lowest BCUT2D eigenvalue weighted by Crippen LogP contribution is -2.26. The Hall–Kier alpha value is -3.68. The molecule has 2 aromatic carbocycles. The number of carbonyl (C=O) groups excluding carboxylic acids is 4. The summed E-state index contributed by atoms with van der Waals surface area (Å²) in [5, 5.41) is 43.9. The molecule has 0 fully saturated rings. The van der Waals surface area contributed by atoms with Crippen molar-refractivity contribution in [3.8, 4) is 11.1 Å². The maximum Gasteiger partial charge on any atom is 0.0715 e. The molecule has 0 aliphatic carbocycles. The van der Waals surface area contributed by atoms with Gasteiger partial charge in [-0.1, -0.05) is 0 Å². The van der Waals surface area contributed by atoms with Gasteiger partial charge in [0.05, 0.1) is 23.9 Å². The Morgan fingerprint density at radius 2 is 0.667 bits per heavy atom. The van der Waals surface area contributed by atoms with Crippen LogP contribution >= 0.6 is 0 Å². The summed E-state index contributed by atoms with van der Waals surface area (Å²) in [7, 11) is 0. The van der Waals surface area contributed by atoms with Crippen LogP contribution in [0.15, 0.2) is 36.4 Å². The van der Waals surface area contributed by atoms with E-state index >= 15 is 0 Å². The highest BCUT2D eigenvalue weighted by Crippen LogP contribution is 2.25. The highest BCUT2D eigenvalue weighted by molar-refractivity contribution is 5.97. The SMILES string of the molecule is O=C([O-])c1cc(C(=O)[O-])cc(-c2cc(C(=O)[O-])cc(C(=O)[O-])c2)c1. The Morgan fingerprint density at radius 1 is 0.458 bits per heavy atom. The van der Waals surface area contributed by atoms with Gasteiger partial charge in [-0.25, -0.2) is 0 Å². The van der Waals surface area contributed by atoms with Crippen LogP contribution in [0.2, 0.25) is 0 Å². The highest BCUT2D eigenvalue weighted by atomic mass is 16.4. The van der Waals surface area contributed by atoms with E-state index in [0.29, 0.717) is 0 Å². The lowest BCUT2D eigenvalue weighted by Gasteiger charge is -2.14. The first kappa shape index (κ1) is 16.7. The Balaban J connectivity index is 2.74. The van der Waals surface area contributed by atoms with Crippen molar-refractivity contribution < 1.29 is 39.6 Å². The van der Waals surface area contributed by atoms with Gasteiger partial charge in [0.1, 0.15) is 0 Å². The van der Waals surface area contributed by atoms with Crippen LogP contribution in [0.1, 0.15) is 41.4 Å². The average molecular weight is 326 g/mol. The lowest BCUT2D eigenvalue weighted by atomic mass is 9.96. The van der Waals surface area contributed by atoms with Crippen LogP contribution in [0.5, 0.6) is 0 Å². The molecule has 0 aromatic heterocycles. The third-order valence-corrected chi connectivity index (χ3v) is 3.14. The van der Waals surface area contributed by atoms with Crippen molar-refractivity contribution in [1.29, 1.82) is 0 Å². The average Bonchev–Trinajstić information content (AvgIpc) is 2.53. The minimum absolute atomic E-state index is 0.0542. The maximum atomic E-state index is 11.0. The zero-order valence-corrected chi connectivity index (χ0v) is 11.7. The molecule has 8 nitrogen and oxygen atoms in total. The van der Waals surface area contributed by atoms with Crippen LogP contribution < -0.4 is 20.4 Å². The summed E-state index contributed by atoms with van der Waals surface area (Å²) < 4.78 is 0. The molecule has 0 saturated carbocycles. The predicted molar refractivity (Wildman–Crippen MR) is 69.2 cm³/mol. The number of carboxylic acids is 4. The van der Waals surface area contributed by atoms with Gasteiger partial charge in [0.25, 0.3) is 0 Å². The Morgan fingerprint density at radius 3 is 0.833 bits per heavy atom. The summed E-state index contributed by atoms with van der Waals surface area (Å²) >= 11 is 0. The third-order valence-electron chi connectivity index (χ3n) is 3.14. The number of carbonyl (C=O) groups is 4. The maximum absolute atomic E-state index is 11.0. The van der Waals surface area contributed by atoms with Gasteiger partial charge in [-0.05, 0) is 69.8 Å². The smallest absolute Gasteiger partial charge is 0.0715 e. The molecule has 0 bridgehead atoms. The minimum atomic E-state index is -1.67. The van der Waals surface area contributed by atoms with E-state index in [9.17, 15) is 39.6 Å². The number of hydrogen-bond acceptors (Lipinski definition) is 8. The van der Waals surface area contributed by atoms with Crippen LogP contribution in [0, 0.1) is 0 Å². The fourth-order valence-corrected chi connectivity index (χ4v) is 2.06. The van der Waals surface area contributed by atoms with E-state index in [0.717, 1.165) is 36.4 Å². The Bertz CT molecular complexity index is 744. The molecule has 0 aliphatic rings. The predicted octanol–water partition coefficient (Wildman–Crippen LogP) is -3.19. The molecule has 0 amide bonds. The zero-order chi connectivity index (χ0) is 18.0. The van der Waals surface area contributed by atoms with Crippen molar-refractivity contribution in [1.82, 2.24) is 0 Å². The van der Waals surface area contributed by atoms with Gasteiger partial charge in [0.2, 0.25) is 0 Å². The van der Waals surface area contributed by atoms with Gasteiger partial charge in [-0.15, -0.1) is 0 Å². The minimum Gasteiger partial charge on any atom is -0.545 e. The number of carboxylic acid groups (broad SMARTS) is 4. The van der Waals surface area contributed by atoms with Gasteiger partial charge < -0.3 is 39.6 Å². The summed E-state index contributed by atoms with van der Waals surface area (Å²) in [4.78, 5) is 43.9. The fourth-order valence-electron chi connectivity index (χ4n) is 2.06. The first-order valence-electron chi connectivity index (χ1n) is 6.35. The van der Waals surface area contributed by atoms with Gasteiger partial charge in [-0.2, -0.15) is 0 Å². The van der Waals surface area contributed by atoms with E-state index in [4.69, 9.17) is 0 Å². The number of rotatable bonds is 5. The molecule has 0 N–H and O–H groups in total. The van der Waals surface area contributed by atoms with Crippen LogP contribution in [-0.4, -0.2) is 23.9 Å². The van der Waals surface area contributed by atoms with Crippen LogP contribution in [0.4, 0.5) is 0 Å². The first-order valence-corrected chi connectivity index (χ1v) is 6.35. The second kappa shape index (κ2) is 6.21. The molecule has 0 aliphatic heterocycles. The molecule has 0 saturated heterocycles. The standard InChI is InChI=1S/C16H10O8/c17-13(18)9-1-7(2-10(5-9)14(19)20)8-3-11(15(21)22)6-12(4-8)16(23)24/h1-6H,(H,17,18)(H,19,20)(H,21,22)(H,23,24)/p-4. The Kier molecular flexibility index (Phi) is 4.32. The van der Waals surface area contributed by atoms with E-state index in [1.807, 2.05) is 0 Å². The van der Waals surface area contributed by atoms with Crippen LogP contribution in [0.25, 0.3) is 11.1 Å². The summed E-state index contributed by atoms with van der Waals surface area (Å²) in [5.41, 5.74) is -2.11. The first-order chi connectivity index (χ1) is 11.2. The number of benzene rings is 2. The highest BCUT2D eigenvalue weighted by Gasteiger charge is 2.09. The van der Waals surface area contributed by atoms with Gasteiger partial charge >= 0.3 is 0 Å². The molecular weight excluding hydrogens is 320 g/mol. The number of hydrogen-bond donors (Lipinski definition) is 0. The van der Waals surface area contributed by atoms with Gasteiger partial charge in [-0.3, -0.25) is 0 Å². The second-order valence-electron chi connectivity index (χ2n) is 4.75. The van der Waals surface area contributed by atoms with E-state index in [-0.39, 0.29) is 11.1 Å². The Labute approximate surface area is 134 Å². The fraction of sp³-hybridized carbons (Fsp3) is 0. The van der Waals surface area contributed by atoms with Crippen LogP contribution in [0.3, 0.4) is 0 Å². The van der Waals surface area contributed by atoms with Gasteiger partial charge in [0.15, 0.2) is 0 Å². The van der Waals surface area contributed by atoms with Crippen molar-refractivity contribution in [2.75, 3.05) is 0 Å². The summed E-state index contributed by atoms with van der Waals surface area (Å²) in [6, 6.07) is 5.64. The normalized spacial score (nSPS) is 10.2. The van der Waals surface area contributed by atoms with Crippen molar-refractivity contribution >= 4 is 23.9 Å². The molecule has 0 unspecified atom stereocenters. The quantitative estimate of drug-likeness (QED) is 0.555. The molecular formula is C16H6O8-4. The molecule has 8 heteroatoms.